The molecule has 4 rings (SSSR count). The topological polar surface area (TPSA) is 127 Å². The van der Waals surface area contributed by atoms with E-state index in [1.165, 1.54) is 11.2 Å². The fraction of sp³-hybridized carbons (Fsp3) is 0.368. The van der Waals surface area contributed by atoms with Crippen molar-refractivity contribution in [2.24, 2.45) is 0 Å². The molecule has 3 heterocycles. The number of carbonyl (C=O) groups excluding carboxylic acids is 2. The van der Waals surface area contributed by atoms with Gasteiger partial charge in [0.25, 0.3) is 5.91 Å². The molecule has 1 fully saturated rings. The van der Waals surface area contributed by atoms with Gasteiger partial charge in [0.15, 0.2) is 0 Å². The average Bonchev–Trinajstić information content (AvgIpc) is 3.40. The van der Waals surface area contributed by atoms with E-state index in [9.17, 15) is 9.59 Å². The lowest BCUT2D eigenvalue weighted by Crippen LogP contribution is -2.50. The molecule has 28 heavy (non-hydrogen) atoms. The molecule has 146 valence electrons. The first-order valence-electron chi connectivity index (χ1n) is 9.11. The quantitative estimate of drug-likeness (QED) is 0.390. The summed E-state index contributed by atoms with van der Waals surface area (Å²) in [4.78, 5) is 41.9. The number of H-pyrrole nitrogens is 2. The first kappa shape index (κ1) is 18.2. The van der Waals surface area contributed by atoms with Crippen LogP contribution in [0, 0.1) is 6.92 Å². The van der Waals surface area contributed by atoms with E-state index in [1.807, 2.05) is 32.0 Å². The molecule has 0 radical (unpaired) electrons. The summed E-state index contributed by atoms with van der Waals surface area (Å²) in [6.45, 7) is 4.22. The Morgan fingerprint density at radius 1 is 1.46 bits per heavy atom. The molecule has 1 aliphatic rings. The Kier molecular flexibility index (Phi) is 4.38. The number of benzene rings is 1. The van der Waals surface area contributed by atoms with Gasteiger partial charge in [-0.3, -0.25) is 14.8 Å². The van der Waals surface area contributed by atoms with Crippen LogP contribution in [0.3, 0.4) is 0 Å². The van der Waals surface area contributed by atoms with E-state index in [0.717, 1.165) is 16.6 Å². The standard InChI is InChI=1S/C19H22N6O3/c1-11-3-4-13-14(7-11)23-17(22-13)19(2)5-6-25(18(19)27)15(16(26)24-28)8-12-9-20-10-21-12/h3-4,7,9-10,15,28H,5-6,8H2,1-2H3,(H,20,21)(H,22,23)(H,24,26)/t15-,19?/m1/s1. The van der Waals surface area contributed by atoms with Gasteiger partial charge < -0.3 is 14.9 Å². The molecule has 3 aromatic rings. The highest BCUT2D eigenvalue weighted by Crippen LogP contribution is 2.36. The van der Waals surface area contributed by atoms with E-state index in [0.29, 0.717) is 24.5 Å². The van der Waals surface area contributed by atoms with Crippen LogP contribution < -0.4 is 5.48 Å². The number of aromatic nitrogens is 4. The van der Waals surface area contributed by atoms with Crippen molar-refractivity contribution in [3.8, 4) is 0 Å². The van der Waals surface area contributed by atoms with Crippen molar-refractivity contribution in [3.63, 3.8) is 0 Å². The molecule has 1 saturated heterocycles. The number of aryl methyl sites for hydroxylation is 1. The minimum atomic E-state index is -0.866. The Morgan fingerprint density at radius 3 is 3.00 bits per heavy atom. The van der Waals surface area contributed by atoms with Gasteiger partial charge in [-0.25, -0.2) is 15.4 Å². The Labute approximate surface area is 161 Å². The van der Waals surface area contributed by atoms with E-state index in [-0.39, 0.29) is 12.3 Å². The number of hydrogen-bond donors (Lipinski definition) is 4. The molecule has 1 unspecified atom stereocenters. The minimum Gasteiger partial charge on any atom is -0.348 e. The minimum absolute atomic E-state index is 0.198. The largest absolute Gasteiger partial charge is 0.348 e. The lowest BCUT2D eigenvalue weighted by atomic mass is 9.88. The van der Waals surface area contributed by atoms with Crippen LogP contribution in [0.5, 0.6) is 0 Å². The average molecular weight is 382 g/mol. The van der Waals surface area contributed by atoms with Crippen LogP contribution >= 0.6 is 0 Å². The maximum absolute atomic E-state index is 13.3. The van der Waals surface area contributed by atoms with Crippen molar-refractivity contribution < 1.29 is 14.8 Å². The molecule has 9 heteroatoms. The zero-order valence-electron chi connectivity index (χ0n) is 15.7. The summed E-state index contributed by atoms with van der Waals surface area (Å²) < 4.78 is 0. The molecule has 0 spiro atoms. The van der Waals surface area contributed by atoms with Gasteiger partial charge in [-0.1, -0.05) is 6.07 Å². The summed E-state index contributed by atoms with van der Waals surface area (Å²) in [6, 6.07) is 5.05. The van der Waals surface area contributed by atoms with Crippen LogP contribution in [-0.2, 0) is 21.4 Å². The first-order valence-corrected chi connectivity index (χ1v) is 9.11. The van der Waals surface area contributed by atoms with Gasteiger partial charge in [0.2, 0.25) is 5.91 Å². The van der Waals surface area contributed by atoms with Crippen LogP contribution in [0.4, 0.5) is 0 Å². The molecule has 0 saturated carbocycles. The number of hydrogen-bond acceptors (Lipinski definition) is 5. The normalized spacial score (nSPS) is 20.7. The van der Waals surface area contributed by atoms with E-state index in [1.54, 1.807) is 11.7 Å². The van der Waals surface area contributed by atoms with Crippen molar-refractivity contribution in [2.75, 3.05) is 6.54 Å². The summed E-state index contributed by atoms with van der Waals surface area (Å²) in [5.41, 5.74) is 4.30. The number of fused-ring (bicyclic) bond motifs is 1. The smallest absolute Gasteiger partial charge is 0.266 e. The van der Waals surface area contributed by atoms with Crippen molar-refractivity contribution in [1.29, 1.82) is 0 Å². The highest BCUT2D eigenvalue weighted by atomic mass is 16.5. The summed E-state index contributed by atoms with van der Waals surface area (Å²) in [5, 5.41) is 9.17. The molecule has 0 bridgehead atoms. The number of imidazole rings is 2. The number of aromatic amines is 2. The Balaban J connectivity index is 1.65. The second-order valence-electron chi connectivity index (χ2n) is 7.46. The van der Waals surface area contributed by atoms with Gasteiger partial charge in [0.1, 0.15) is 17.3 Å². The Hall–Kier alpha value is -3.20. The zero-order chi connectivity index (χ0) is 19.9. The first-order chi connectivity index (χ1) is 13.4. The predicted octanol–water partition coefficient (Wildman–Crippen LogP) is 1.20. The zero-order valence-corrected chi connectivity index (χ0v) is 15.7. The number of nitrogens with zero attached hydrogens (tertiary/aromatic N) is 3. The summed E-state index contributed by atoms with van der Waals surface area (Å²) in [6.07, 6.45) is 3.85. The molecule has 2 aromatic heterocycles. The summed E-state index contributed by atoms with van der Waals surface area (Å²) in [5.74, 6) is -0.242. The summed E-state index contributed by atoms with van der Waals surface area (Å²) in [7, 11) is 0. The molecular formula is C19H22N6O3. The molecule has 4 N–H and O–H groups in total. The van der Waals surface area contributed by atoms with E-state index in [2.05, 4.69) is 19.9 Å². The van der Waals surface area contributed by atoms with Gasteiger partial charge in [-0.05, 0) is 38.0 Å². The second-order valence-corrected chi connectivity index (χ2v) is 7.46. The SMILES string of the molecule is Cc1ccc2nc(C3(C)CCN([C@H](Cc4cnc[nH]4)C(=O)NO)C3=O)[nH]c2c1. The third-order valence-electron chi connectivity index (χ3n) is 5.50. The third kappa shape index (κ3) is 2.93. The van der Waals surface area contributed by atoms with Crippen LogP contribution in [0.1, 0.15) is 30.4 Å². The van der Waals surface area contributed by atoms with E-state index in [4.69, 9.17) is 5.21 Å². The van der Waals surface area contributed by atoms with Gasteiger partial charge >= 0.3 is 0 Å². The van der Waals surface area contributed by atoms with Gasteiger partial charge in [0, 0.05) is 24.9 Å². The molecule has 2 atom stereocenters. The maximum Gasteiger partial charge on any atom is 0.266 e. The molecule has 1 aromatic carbocycles. The maximum atomic E-state index is 13.3. The number of amides is 2. The Morgan fingerprint density at radius 2 is 2.29 bits per heavy atom. The number of hydroxylamine groups is 1. The van der Waals surface area contributed by atoms with Crippen LogP contribution in [0.15, 0.2) is 30.7 Å². The number of nitrogens with one attached hydrogen (secondary N) is 3. The third-order valence-corrected chi connectivity index (χ3v) is 5.50. The van der Waals surface area contributed by atoms with Gasteiger partial charge in [0.05, 0.1) is 17.4 Å². The van der Waals surface area contributed by atoms with Crippen LogP contribution in [0.25, 0.3) is 11.0 Å². The fourth-order valence-corrected chi connectivity index (χ4v) is 3.79. The van der Waals surface area contributed by atoms with Crippen molar-refractivity contribution in [3.05, 3.63) is 47.8 Å². The Bertz CT molecular complexity index is 1030. The van der Waals surface area contributed by atoms with Crippen molar-refractivity contribution >= 4 is 22.8 Å². The van der Waals surface area contributed by atoms with Gasteiger partial charge in [-0.2, -0.15) is 0 Å². The lowest BCUT2D eigenvalue weighted by Gasteiger charge is -2.27. The van der Waals surface area contributed by atoms with Crippen LogP contribution in [-0.4, -0.2) is 54.4 Å². The number of carbonyl (C=O) groups is 2. The monoisotopic (exact) mass is 382 g/mol. The van der Waals surface area contributed by atoms with Crippen molar-refractivity contribution in [2.45, 2.75) is 38.1 Å². The van der Waals surface area contributed by atoms with Crippen LogP contribution in [0.2, 0.25) is 0 Å². The molecule has 2 amide bonds. The molecule has 9 nitrogen and oxygen atoms in total. The van der Waals surface area contributed by atoms with E-state index >= 15 is 0 Å². The van der Waals surface area contributed by atoms with E-state index < -0.39 is 17.4 Å². The fourth-order valence-electron chi connectivity index (χ4n) is 3.79. The molecule has 0 aliphatic carbocycles. The highest BCUT2D eigenvalue weighted by Gasteiger charge is 2.49. The summed E-state index contributed by atoms with van der Waals surface area (Å²) >= 11 is 0. The molecular weight excluding hydrogens is 360 g/mol. The highest BCUT2D eigenvalue weighted by molar-refractivity contribution is 5.94. The van der Waals surface area contributed by atoms with Gasteiger partial charge in [-0.15, -0.1) is 0 Å². The second kappa shape index (κ2) is 6.75. The molecule has 1 aliphatic heterocycles. The number of rotatable bonds is 5. The lowest BCUT2D eigenvalue weighted by molar-refractivity contribution is -0.144. The van der Waals surface area contributed by atoms with Crippen molar-refractivity contribution in [1.82, 2.24) is 30.3 Å². The number of likely N-dealkylation sites (tertiary alicyclic amines) is 1. The predicted molar refractivity (Wildman–Crippen MR) is 101 cm³/mol.